The van der Waals surface area contributed by atoms with Crippen molar-refractivity contribution in [2.45, 2.75) is 45.4 Å². The minimum absolute atomic E-state index is 0.226. The summed E-state index contributed by atoms with van der Waals surface area (Å²) in [5.41, 5.74) is 1.18. The molecule has 0 unspecified atom stereocenters. The molecule has 0 bridgehead atoms. The molecule has 1 heterocycles. The van der Waals surface area contributed by atoms with Gasteiger partial charge in [0.2, 0.25) is 0 Å². The first-order chi connectivity index (χ1) is 11.1. The van der Waals surface area contributed by atoms with Crippen molar-refractivity contribution in [3.05, 3.63) is 35.4 Å². The minimum atomic E-state index is -1.18. The fourth-order valence-electron chi connectivity index (χ4n) is 2.85. The van der Waals surface area contributed by atoms with Crippen molar-refractivity contribution in [1.29, 1.82) is 0 Å². The second kappa shape index (κ2) is 8.71. The van der Waals surface area contributed by atoms with Crippen LogP contribution in [0.15, 0.2) is 24.3 Å². The molecule has 23 heavy (non-hydrogen) atoms. The quantitative estimate of drug-likeness (QED) is 0.803. The molecule has 5 heteroatoms. The van der Waals surface area contributed by atoms with Gasteiger partial charge in [-0.05, 0) is 48.6 Å². The average Bonchev–Trinajstić information content (AvgIpc) is 2.59. The van der Waals surface area contributed by atoms with Crippen LogP contribution in [0.3, 0.4) is 0 Å². The lowest BCUT2D eigenvalue weighted by molar-refractivity contribution is -0.140. The van der Waals surface area contributed by atoms with Gasteiger partial charge >= 0.3 is 0 Å². The van der Waals surface area contributed by atoms with Gasteiger partial charge in [-0.2, -0.15) is 11.8 Å². The van der Waals surface area contributed by atoms with E-state index < -0.39 is 5.60 Å². The molecule has 1 amide bonds. The number of aliphatic hydroxyl groups is 1. The van der Waals surface area contributed by atoms with Crippen LogP contribution in [0.4, 0.5) is 0 Å². The van der Waals surface area contributed by atoms with Crippen molar-refractivity contribution in [3.63, 3.8) is 0 Å². The predicted molar refractivity (Wildman–Crippen MR) is 96.4 cm³/mol. The van der Waals surface area contributed by atoms with Crippen LogP contribution < -0.4 is 5.32 Å². The van der Waals surface area contributed by atoms with Crippen LogP contribution in [0.2, 0.25) is 0 Å². The fraction of sp³-hybridized carbons (Fsp3) is 0.611. The molecule has 1 saturated heterocycles. The Balaban J connectivity index is 1.98. The van der Waals surface area contributed by atoms with Gasteiger partial charge in [-0.3, -0.25) is 9.69 Å². The van der Waals surface area contributed by atoms with Gasteiger partial charge in [0.25, 0.3) is 5.91 Å². The molecule has 0 aromatic heterocycles. The number of amides is 1. The molecular weight excluding hydrogens is 308 g/mol. The van der Waals surface area contributed by atoms with E-state index in [0.717, 1.165) is 36.7 Å². The molecule has 2 N–H and O–H groups in total. The first-order valence-electron chi connectivity index (χ1n) is 8.46. The summed E-state index contributed by atoms with van der Waals surface area (Å²) in [7, 11) is 0. The molecule has 0 saturated carbocycles. The van der Waals surface area contributed by atoms with E-state index in [9.17, 15) is 9.90 Å². The Morgan fingerprint density at radius 1 is 1.22 bits per heavy atom. The number of nitrogens with one attached hydrogen (secondary N) is 1. The highest BCUT2D eigenvalue weighted by atomic mass is 32.2. The van der Waals surface area contributed by atoms with Crippen molar-refractivity contribution in [3.8, 4) is 0 Å². The third-order valence-electron chi connectivity index (χ3n) is 4.59. The molecule has 0 atom stereocenters. The van der Waals surface area contributed by atoms with Crippen molar-refractivity contribution in [1.82, 2.24) is 10.2 Å². The van der Waals surface area contributed by atoms with Crippen LogP contribution >= 0.6 is 11.8 Å². The molecule has 1 aliphatic heterocycles. The summed E-state index contributed by atoms with van der Waals surface area (Å²) in [5, 5.41) is 13.4. The van der Waals surface area contributed by atoms with E-state index in [1.54, 1.807) is 11.8 Å². The fourth-order valence-corrected chi connectivity index (χ4v) is 4.02. The summed E-state index contributed by atoms with van der Waals surface area (Å²) in [5.74, 6) is 1.47. The monoisotopic (exact) mass is 336 g/mol. The maximum Gasteiger partial charge on any atom is 0.252 e. The molecular formula is C18H28N2O2S. The Kier molecular flexibility index (Phi) is 6.93. The molecule has 1 aliphatic rings. The van der Waals surface area contributed by atoms with Gasteiger partial charge in [-0.1, -0.05) is 38.1 Å². The van der Waals surface area contributed by atoms with E-state index in [2.05, 4.69) is 36.2 Å². The van der Waals surface area contributed by atoms with E-state index >= 15 is 0 Å². The van der Waals surface area contributed by atoms with E-state index in [4.69, 9.17) is 0 Å². The van der Waals surface area contributed by atoms with Gasteiger partial charge in [-0.25, -0.2) is 0 Å². The largest absolute Gasteiger partial charge is 0.380 e. The first-order valence-corrected chi connectivity index (χ1v) is 9.62. The smallest absolute Gasteiger partial charge is 0.252 e. The molecule has 0 radical (unpaired) electrons. The number of hydrogen-bond donors (Lipinski definition) is 2. The van der Waals surface area contributed by atoms with Crippen LogP contribution in [0.1, 0.15) is 37.8 Å². The lowest BCUT2D eigenvalue weighted by Gasteiger charge is -2.30. The Morgan fingerprint density at radius 2 is 1.83 bits per heavy atom. The lowest BCUT2D eigenvalue weighted by atomic mass is 9.95. The van der Waals surface area contributed by atoms with Gasteiger partial charge in [-0.15, -0.1) is 0 Å². The van der Waals surface area contributed by atoms with Gasteiger partial charge in [0, 0.05) is 13.1 Å². The van der Waals surface area contributed by atoms with Crippen LogP contribution in [-0.2, 0) is 17.9 Å². The summed E-state index contributed by atoms with van der Waals surface area (Å²) in [6.07, 6.45) is 1.09. The number of thioether (sulfide) groups is 1. The van der Waals surface area contributed by atoms with Crippen molar-refractivity contribution < 1.29 is 9.90 Å². The zero-order valence-electron chi connectivity index (χ0n) is 14.2. The van der Waals surface area contributed by atoms with E-state index in [1.807, 2.05) is 12.1 Å². The van der Waals surface area contributed by atoms with Gasteiger partial charge < -0.3 is 10.4 Å². The van der Waals surface area contributed by atoms with Crippen molar-refractivity contribution in [2.75, 3.05) is 24.6 Å². The molecule has 1 fully saturated rings. The maximum atomic E-state index is 12.4. The zero-order chi connectivity index (χ0) is 16.7. The molecule has 1 aromatic rings. The predicted octanol–water partition coefficient (Wildman–Crippen LogP) is 2.40. The van der Waals surface area contributed by atoms with Gasteiger partial charge in [0.15, 0.2) is 0 Å². The second-order valence-electron chi connectivity index (χ2n) is 6.06. The van der Waals surface area contributed by atoms with Crippen LogP contribution in [0, 0.1) is 0 Å². The Bertz CT molecular complexity index is 511. The number of carbonyl (C=O) groups is 1. The molecule has 2 rings (SSSR count). The highest BCUT2D eigenvalue weighted by Crippen LogP contribution is 2.27. The molecule has 4 nitrogen and oxygen atoms in total. The van der Waals surface area contributed by atoms with E-state index in [1.165, 1.54) is 5.56 Å². The normalized spacial score (nSPS) is 17.2. The standard InChI is InChI=1S/C18H28N2O2S/c1-3-20(4-2)14-16-8-6-5-7-15(16)13-19-17(21)18(22)9-11-23-12-10-18/h5-8,22H,3-4,9-14H2,1-2H3,(H,19,21). The van der Waals surface area contributed by atoms with Crippen molar-refractivity contribution >= 4 is 17.7 Å². The SMILES string of the molecule is CCN(CC)Cc1ccccc1CNC(=O)C1(O)CCSCC1. The molecule has 0 aliphatic carbocycles. The third-order valence-corrected chi connectivity index (χ3v) is 5.57. The van der Waals surface area contributed by atoms with Gasteiger partial charge in [0.05, 0.1) is 0 Å². The molecule has 1 aromatic carbocycles. The third kappa shape index (κ3) is 4.96. The summed E-state index contributed by atoms with van der Waals surface area (Å²) >= 11 is 1.80. The zero-order valence-corrected chi connectivity index (χ0v) is 15.0. The maximum absolute atomic E-state index is 12.4. The number of nitrogens with zero attached hydrogens (tertiary/aromatic N) is 1. The molecule has 128 valence electrons. The van der Waals surface area contributed by atoms with E-state index in [-0.39, 0.29) is 5.91 Å². The lowest BCUT2D eigenvalue weighted by Crippen LogP contribution is -2.48. The highest BCUT2D eigenvalue weighted by molar-refractivity contribution is 7.99. The summed E-state index contributed by atoms with van der Waals surface area (Å²) < 4.78 is 0. The van der Waals surface area contributed by atoms with Crippen LogP contribution in [0.25, 0.3) is 0 Å². The Labute approximate surface area is 143 Å². The number of rotatable bonds is 7. The summed E-state index contributed by atoms with van der Waals surface area (Å²) in [6, 6.07) is 8.21. The topological polar surface area (TPSA) is 52.6 Å². The van der Waals surface area contributed by atoms with Gasteiger partial charge in [0.1, 0.15) is 5.60 Å². The Morgan fingerprint density at radius 3 is 2.43 bits per heavy atom. The number of carbonyl (C=O) groups excluding carboxylic acids is 1. The summed E-state index contributed by atoms with van der Waals surface area (Å²) in [4.78, 5) is 14.7. The van der Waals surface area contributed by atoms with E-state index in [0.29, 0.717) is 19.4 Å². The highest BCUT2D eigenvalue weighted by Gasteiger charge is 2.37. The average molecular weight is 337 g/mol. The number of benzene rings is 1. The summed E-state index contributed by atoms with van der Waals surface area (Å²) in [6.45, 7) is 7.70. The number of hydrogen-bond acceptors (Lipinski definition) is 4. The second-order valence-corrected chi connectivity index (χ2v) is 7.28. The first kappa shape index (κ1) is 18.3. The minimum Gasteiger partial charge on any atom is -0.380 e. The van der Waals surface area contributed by atoms with Crippen LogP contribution in [0.5, 0.6) is 0 Å². The molecule has 0 spiro atoms. The van der Waals surface area contributed by atoms with Crippen LogP contribution in [-0.4, -0.2) is 46.1 Å². The Hall–Kier alpha value is -1.04. The van der Waals surface area contributed by atoms with Crippen molar-refractivity contribution in [2.24, 2.45) is 0 Å².